The summed E-state index contributed by atoms with van der Waals surface area (Å²) in [6.45, 7) is 10.1. The monoisotopic (exact) mass is 277 g/mol. The highest BCUT2D eigenvalue weighted by Crippen LogP contribution is 2.28. The van der Waals surface area contributed by atoms with Crippen molar-refractivity contribution in [3.05, 3.63) is 16.8 Å². The first-order chi connectivity index (χ1) is 9.43. The molecule has 2 heterocycles. The van der Waals surface area contributed by atoms with Crippen LogP contribution in [-0.4, -0.2) is 34.3 Å². The number of nitrogens with zero attached hydrogens (tertiary/aromatic N) is 4. The minimum Gasteiger partial charge on any atom is -0.409 e. The maximum atomic E-state index is 9.03. The van der Waals surface area contributed by atoms with E-state index in [1.54, 1.807) is 0 Å². The van der Waals surface area contributed by atoms with Gasteiger partial charge in [0.15, 0.2) is 11.7 Å². The Labute approximate surface area is 119 Å². The van der Waals surface area contributed by atoms with E-state index in [1.165, 1.54) is 6.42 Å². The van der Waals surface area contributed by atoms with Crippen molar-refractivity contribution in [2.24, 2.45) is 22.7 Å². The number of rotatable bonds is 2. The lowest BCUT2D eigenvalue weighted by Crippen LogP contribution is -2.40. The van der Waals surface area contributed by atoms with Crippen LogP contribution in [0, 0.1) is 25.7 Å². The number of aromatic nitrogens is 2. The maximum absolute atomic E-state index is 9.03. The van der Waals surface area contributed by atoms with Gasteiger partial charge in [-0.25, -0.2) is 0 Å². The van der Waals surface area contributed by atoms with Gasteiger partial charge < -0.3 is 15.8 Å². The van der Waals surface area contributed by atoms with Crippen LogP contribution in [0.3, 0.4) is 0 Å². The molecule has 2 unspecified atom stereocenters. The van der Waals surface area contributed by atoms with Gasteiger partial charge in [0.25, 0.3) is 0 Å². The first-order valence-electron chi connectivity index (χ1n) is 7.00. The van der Waals surface area contributed by atoms with Crippen molar-refractivity contribution in [3.63, 3.8) is 0 Å². The van der Waals surface area contributed by atoms with Gasteiger partial charge in [0.1, 0.15) is 0 Å². The Morgan fingerprint density at radius 3 is 2.40 bits per heavy atom. The lowest BCUT2D eigenvalue weighted by molar-refractivity contribution is 0.318. The molecule has 1 saturated heterocycles. The van der Waals surface area contributed by atoms with Crippen molar-refractivity contribution in [3.8, 4) is 0 Å². The minimum absolute atomic E-state index is 0.0985. The van der Waals surface area contributed by atoms with Crippen LogP contribution in [0.5, 0.6) is 0 Å². The molecule has 0 radical (unpaired) electrons. The molecular weight excluding hydrogens is 254 g/mol. The summed E-state index contributed by atoms with van der Waals surface area (Å²) in [5.74, 6) is 2.02. The second-order valence-electron chi connectivity index (χ2n) is 5.95. The summed E-state index contributed by atoms with van der Waals surface area (Å²) in [6, 6.07) is 0. The van der Waals surface area contributed by atoms with E-state index in [9.17, 15) is 0 Å². The summed E-state index contributed by atoms with van der Waals surface area (Å²) in [5.41, 5.74) is 8.25. The third-order valence-corrected chi connectivity index (χ3v) is 3.97. The number of oxime groups is 1. The van der Waals surface area contributed by atoms with Gasteiger partial charge in [-0.1, -0.05) is 19.0 Å². The molecule has 6 nitrogen and oxygen atoms in total. The lowest BCUT2D eigenvalue weighted by atomic mass is 9.91. The Balaban J connectivity index is 2.48. The Morgan fingerprint density at radius 2 is 1.85 bits per heavy atom. The Hall–Kier alpha value is -1.85. The zero-order valence-corrected chi connectivity index (χ0v) is 12.6. The molecule has 6 heteroatoms. The third kappa shape index (κ3) is 2.69. The summed E-state index contributed by atoms with van der Waals surface area (Å²) >= 11 is 0. The van der Waals surface area contributed by atoms with E-state index in [0.29, 0.717) is 17.4 Å². The van der Waals surface area contributed by atoms with Gasteiger partial charge in [-0.3, -0.25) is 0 Å². The van der Waals surface area contributed by atoms with Gasteiger partial charge >= 0.3 is 0 Å². The molecule has 0 spiro atoms. The minimum atomic E-state index is 0.0985. The normalized spacial score (nSPS) is 24.0. The van der Waals surface area contributed by atoms with Crippen LogP contribution in [0.1, 0.15) is 37.1 Å². The van der Waals surface area contributed by atoms with E-state index >= 15 is 0 Å². The van der Waals surface area contributed by atoms with Crippen LogP contribution in [0.4, 0.5) is 5.82 Å². The zero-order valence-electron chi connectivity index (χ0n) is 12.6. The van der Waals surface area contributed by atoms with E-state index < -0.39 is 0 Å². The van der Waals surface area contributed by atoms with Crippen LogP contribution in [-0.2, 0) is 0 Å². The largest absolute Gasteiger partial charge is 0.409 e. The number of anilines is 1. The van der Waals surface area contributed by atoms with Crippen LogP contribution < -0.4 is 10.6 Å². The molecule has 1 aromatic rings. The number of piperidine rings is 1. The topological polar surface area (TPSA) is 87.6 Å². The first-order valence-corrected chi connectivity index (χ1v) is 7.00. The highest BCUT2D eigenvalue weighted by Gasteiger charge is 2.27. The van der Waals surface area contributed by atoms with Crippen molar-refractivity contribution in [2.75, 3.05) is 18.0 Å². The van der Waals surface area contributed by atoms with Crippen molar-refractivity contribution in [2.45, 2.75) is 34.1 Å². The summed E-state index contributed by atoms with van der Waals surface area (Å²) in [5, 5.41) is 20.7. The molecule has 0 aromatic carbocycles. The van der Waals surface area contributed by atoms with E-state index in [1.807, 2.05) is 13.8 Å². The van der Waals surface area contributed by atoms with E-state index in [2.05, 4.69) is 34.1 Å². The maximum Gasteiger partial charge on any atom is 0.174 e. The van der Waals surface area contributed by atoms with Gasteiger partial charge in [-0.05, 0) is 37.7 Å². The van der Waals surface area contributed by atoms with E-state index in [-0.39, 0.29) is 5.84 Å². The fourth-order valence-electron chi connectivity index (χ4n) is 3.01. The molecule has 0 amide bonds. The second-order valence-corrected chi connectivity index (χ2v) is 5.95. The van der Waals surface area contributed by atoms with E-state index in [4.69, 9.17) is 10.9 Å². The number of amidine groups is 1. The molecule has 1 aliphatic heterocycles. The molecule has 1 aliphatic rings. The number of hydrogen-bond acceptors (Lipinski definition) is 5. The van der Waals surface area contributed by atoms with Crippen molar-refractivity contribution >= 4 is 11.7 Å². The van der Waals surface area contributed by atoms with Crippen LogP contribution >= 0.6 is 0 Å². The predicted molar refractivity (Wildman–Crippen MR) is 79.2 cm³/mol. The second kappa shape index (κ2) is 5.64. The molecule has 1 aromatic heterocycles. The Kier molecular flexibility index (Phi) is 4.11. The Morgan fingerprint density at radius 1 is 1.25 bits per heavy atom. The first kappa shape index (κ1) is 14.6. The summed E-state index contributed by atoms with van der Waals surface area (Å²) in [6.07, 6.45) is 1.22. The molecule has 3 N–H and O–H groups in total. The zero-order chi connectivity index (χ0) is 14.9. The molecule has 2 rings (SSSR count). The molecule has 2 atom stereocenters. The average Bonchev–Trinajstić information content (AvgIpc) is 2.39. The Bertz CT molecular complexity index is 519. The molecule has 0 bridgehead atoms. The molecule has 0 saturated carbocycles. The van der Waals surface area contributed by atoms with Crippen LogP contribution in [0.2, 0.25) is 0 Å². The standard InChI is InChI=1S/C14H23N5O/c1-8-5-9(2)7-19(6-8)14-12(13(15)18-20)10(3)11(4)16-17-14/h8-9,20H,5-7H2,1-4H3,(H2,15,18). The fraction of sp³-hybridized carbons (Fsp3) is 0.643. The lowest BCUT2D eigenvalue weighted by Gasteiger charge is -2.36. The molecule has 0 aliphatic carbocycles. The van der Waals surface area contributed by atoms with Gasteiger partial charge in [-0.2, -0.15) is 5.10 Å². The molecule has 110 valence electrons. The summed E-state index contributed by atoms with van der Waals surface area (Å²) in [7, 11) is 0. The SMILES string of the molecule is Cc1nnc(N2CC(C)CC(C)C2)c(/C(N)=N/O)c1C. The highest BCUT2D eigenvalue weighted by atomic mass is 16.4. The average molecular weight is 277 g/mol. The van der Waals surface area contributed by atoms with Gasteiger partial charge in [0.2, 0.25) is 0 Å². The van der Waals surface area contributed by atoms with E-state index in [0.717, 1.165) is 30.2 Å². The number of hydrogen-bond donors (Lipinski definition) is 2. The molecule has 20 heavy (non-hydrogen) atoms. The quantitative estimate of drug-likeness (QED) is 0.371. The van der Waals surface area contributed by atoms with Crippen molar-refractivity contribution in [1.29, 1.82) is 0 Å². The van der Waals surface area contributed by atoms with Gasteiger partial charge in [0, 0.05) is 13.1 Å². The molecular formula is C14H23N5O. The predicted octanol–water partition coefficient (Wildman–Crippen LogP) is 1.67. The smallest absolute Gasteiger partial charge is 0.174 e. The number of aryl methyl sites for hydroxylation is 1. The highest BCUT2D eigenvalue weighted by molar-refractivity contribution is 6.02. The van der Waals surface area contributed by atoms with Crippen molar-refractivity contribution < 1.29 is 5.21 Å². The molecule has 1 fully saturated rings. The van der Waals surface area contributed by atoms with Crippen molar-refractivity contribution in [1.82, 2.24) is 10.2 Å². The summed E-state index contributed by atoms with van der Waals surface area (Å²) < 4.78 is 0. The van der Waals surface area contributed by atoms with Crippen LogP contribution in [0.25, 0.3) is 0 Å². The van der Waals surface area contributed by atoms with Gasteiger partial charge in [0.05, 0.1) is 11.3 Å². The third-order valence-electron chi connectivity index (χ3n) is 3.97. The van der Waals surface area contributed by atoms with Crippen LogP contribution in [0.15, 0.2) is 5.16 Å². The number of nitrogens with two attached hydrogens (primary N) is 1. The van der Waals surface area contributed by atoms with Gasteiger partial charge in [-0.15, -0.1) is 5.10 Å². The fourth-order valence-corrected chi connectivity index (χ4v) is 3.01. The summed E-state index contributed by atoms with van der Waals surface area (Å²) in [4.78, 5) is 2.20.